The van der Waals surface area contributed by atoms with Crippen molar-refractivity contribution in [3.8, 4) is 0 Å². The number of nitrogens with one attached hydrogen (secondary N) is 1. The van der Waals surface area contributed by atoms with E-state index in [1.807, 2.05) is 18.2 Å². The van der Waals surface area contributed by atoms with E-state index in [0.717, 1.165) is 24.4 Å². The van der Waals surface area contributed by atoms with Crippen LogP contribution in [0.15, 0.2) is 54.6 Å². The summed E-state index contributed by atoms with van der Waals surface area (Å²) in [5.41, 5.74) is 2.74. The molecule has 0 aromatic heterocycles. The molecule has 0 saturated carbocycles. The smallest absolute Gasteiger partial charge is 0.0408 e. The lowest BCUT2D eigenvalue weighted by Crippen LogP contribution is -2.42. The van der Waals surface area contributed by atoms with Crippen LogP contribution < -0.4 is 5.32 Å². The minimum absolute atomic E-state index is 0.0972. The molecule has 0 heterocycles. The monoisotopic (exact) mass is 287 g/mol. The highest BCUT2D eigenvalue weighted by atomic mass is 35.5. The lowest BCUT2D eigenvalue weighted by Gasteiger charge is -2.26. The molecule has 0 unspecified atom stereocenters. The number of hydrogen-bond acceptors (Lipinski definition) is 1. The second kappa shape index (κ2) is 6.92. The maximum Gasteiger partial charge on any atom is 0.0408 e. The Bertz CT molecular complexity index is 534. The van der Waals surface area contributed by atoms with Crippen LogP contribution >= 0.6 is 11.6 Å². The maximum atomic E-state index is 6.00. The van der Waals surface area contributed by atoms with Gasteiger partial charge in [-0.15, -0.1) is 0 Å². The van der Waals surface area contributed by atoms with Crippen molar-refractivity contribution in [1.29, 1.82) is 0 Å². The Balaban J connectivity index is 1.83. The van der Waals surface area contributed by atoms with Crippen LogP contribution in [0.1, 0.15) is 25.0 Å². The van der Waals surface area contributed by atoms with Crippen LogP contribution in [-0.4, -0.2) is 12.1 Å². The summed E-state index contributed by atoms with van der Waals surface area (Å²) in [6, 6.07) is 18.7. The van der Waals surface area contributed by atoms with Crippen molar-refractivity contribution in [3.05, 3.63) is 70.7 Å². The fourth-order valence-electron chi connectivity index (χ4n) is 2.41. The van der Waals surface area contributed by atoms with E-state index in [4.69, 9.17) is 11.6 Å². The molecule has 0 fully saturated rings. The van der Waals surface area contributed by atoms with E-state index < -0.39 is 0 Å². The molecule has 0 radical (unpaired) electrons. The summed E-state index contributed by atoms with van der Waals surface area (Å²) < 4.78 is 0. The Morgan fingerprint density at radius 2 is 1.65 bits per heavy atom. The number of hydrogen-bond donors (Lipinski definition) is 1. The van der Waals surface area contributed by atoms with E-state index in [-0.39, 0.29) is 5.54 Å². The molecule has 20 heavy (non-hydrogen) atoms. The van der Waals surface area contributed by atoms with Gasteiger partial charge in [-0.05, 0) is 56.5 Å². The average molecular weight is 288 g/mol. The van der Waals surface area contributed by atoms with Crippen LogP contribution in [0, 0.1) is 0 Å². The van der Waals surface area contributed by atoms with Gasteiger partial charge in [0.05, 0.1) is 0 Å². The fraction of sp³-hybridized carbons (Fsp3) is 0.333. The van der Waals surface area contributed by atoms with Crippen molar-refractivity contribution in [3.63, 3.8) is 0 Å². The van der Waals surface area contributed by atoms with Gasteiger partial charge < -0.3 is 5.32 Å². The Morgan fingerprint density at radius 1 is 0.950 bits per heavy atom. The Hall–Kier alpha value is -1.31. The van der Waals surface area contributed by atoms with Gasteiger partial charge in [-0.1, -0.05) is 54.1 Å². The number of halogens is 1. The maximum absolute atomic E-state index is 6.00. The van der Waals surface area contributed by atoms with Gasteiger partial charge in [0.25, 0.3) is 0 Å². The SMILES string of the molecule is CC(C)(Cc1ccccc1)NCCc1cccc(Cl)c1. The zero-order valence-electron chi connectivity index (χ0n) is 12.2. The molecule has 1 N–H and O–H groups in total. The molecule has 0 aliphatic carbocycles. The molecule has 0 aliphatic rings. The van der Waals surface area contributed by atoms with Crippen molar-refractivity contribution in [2.75, 3.05) is 6.54 Å². The summed E-state index contributed by atoms with van der Waals surface area (Å²) in [4.78, 5) is 0. The molecular weight excluding hydrogens is 266 g/mol. The first-order chi connectivity index (χ1) is 9.55. The molecule has 0 atom stereocenters. The molecule has 0 aliphatic heterocycles. The Labute approximate surface area is 127 Å². The Morgan fingerprint density at radius 3 is 2.35 bits per heavy atom. The van der Waals surface area contributed by atoms with Crippen molar-refractivity contribution in [2.24, 2.45) is 0 Å². The molecular formula is C18H22ClN. The van der Waals surface area contributed by atoms with Gasteiger partial charge in [-0.25, -0.2) is 0 Å². The van der Waals surface area contributed by atoms with E-state index in [0.29, 0.717) is 0 Å². The first-order valence-corrected chi connectivity index (χ1v) is 7.46. The molecule has 2 aromatic carbocycles. The lowest BCUT2D eigenvalue weighted by atomic mass is 9.94. The minimum atomic E-state index is 0.0972. The van der Waals surface area contributed by atoms with Crippen LogP contribution in [0.5, 0.6) is 0 Å². The first-order valence-electron chi connectivity index (χ1n) is 7.09. The predicted molar refractivity (Wildman–Crippen MR) is 87.4 cm³/mol. The summed E-state index contributed by atoms with van der Waals surface area (Å²) >= 11 is 6.00. The molecule has 2 heteroatoms. The normalized spacial score (nSPS) is 11.6. The highest BCUT2D eigenvalue weighted by Crippen LogP contribution is 2.14. The van der Waals surface area contributed by atoms with E-state index in [9.17, 15) is 0 Å². The van der Waals surface area contributed by atoms with Crippen LogP contribution in [0.25, 0.3) is 0 Å². The van der Waals surface area contributed by atoms with E-state index in [1.54, 1.807) is 0 Å². The molecule has 2 aromatic rings. The molecule has 1 nitrogen and oxygen atoms in total. The average Bonchev–Trinajstić information content (AvgIpc) is 2.39. The van der Waals surface area contributed by atoms with Gasteiger partial charge in [0.2, 0.25) is 0 Å². The van der Waals surface area contributed by atoms with E-state index in [1.165, 1.54) is 11.1 Å². The largest absolute Gasteiger partial charge is 0.311 e. The van der Waals surface area contributed by atoms with Crippen LogP contribution in [0.3, 0.4) is 0 Å². The lowest BCUT2D eigenvalue weighted by molar-refractivity contribution is 0.389. The third-order valence-electron chi connectivity index (χ3n) is 3.40. The predicted octanol–water partition coefficient (Wildman–Crippen LogP) is 4.49. The van der Waals surface area contributed by atoms with Crippen LogP contribution in [0.2, 0.25) is 5.02 Å². The van der Waals surface area contributed by atoms with Gasteiger partial charge in [-0.2, -0.15) is 0 Å². The summed E-state index contributed by atoms with van der Waals surface area (Å²) in [6.07, 6.45) is 2.03. The molecule has 0 saturated heterocycles. The van der Waals surface area contributed by atoms with Crippen LogP contribution in [-0.2, 0) is 12.8 Å². The van der Waals surface area contributed by atoms with Gasteiger partial charge in [-0.3, -0.25) is 0 Å². The van der Waals surface area contributed by atoms with Crippen molar-refractivity contribution < 1.29 is 0 Å². The van der Waals surface area contributed by atoms with Crippen molar-refractivity contribution in [2.45, 2.75) is 32.2 Å². The second-order valence-corrected chi connectivity index (χ2v) is 6.29. The second-order valence-electron chi connectivity index (χ2n) is 5.85. The molecule has 0 bridgehead atoms. The van der Waals surface area contributed by atoms with Crippen molar-refractivity contribution >= 4 is 11.6 Å². The first kappa shape index (κ1) is 15.1. The third kappa shape index (κ3) is 4.99. The standard InChI is InChI=1S/C18H22ClN/c1-18(2,14-16-7-4-3-5-8-16)20-12-11-15-9-6-10-17(19)13-15/h3-10,13,20H,11-12,14H2,1-2H3. The number of benzene rings is 2. The third-order valence-corrected chi connectivity index (χ3v) is 3.63. The number of rotatable bonds is 6. The fourth-order valence-corrected chi connectivity index (χ4v) is 2.62. The zero-order valence-corrected chi connectivity index (χ0v) is 13.0. The summed E-state index contributed by atoms with van der Waals surface area (Å²) in [6.45, 7) is 5.45. The van der Waals surface area contributed by atoms with Gasteiger partial charge in [0.1, 0.15) is 0 Å². The highest BCUT2D eigenvalue weighted by Gasteiger charge is 2.16. The topological polar surface area (TPSA) is 12.0 Å². The summed E-state index contributed by atoms with van der Waals surface area (Å²) in [5.74, 6) is 0. The van der Waals surface area contributed by atoms with E-state index in [2.05, 4.69) is 55.6 Å². The molecule has 0 amide bonds. The zero-order chi connectivity index (χ0) is 14.4. The quantitative estimate of drug-likeness (QED) is 0.825. The molecule has 0 spiro atoms. The molecule has 106 valence electrons. The van der Waals surface area contributed by atoms with Crippen molar-refractivity contribution in [1.82, 2.24) is 5.32 Å². The minimum Gasteiger partial charge on any atom is -0.311 e. The van der Waals surface area contributed by atoms with Gasteiger partial charge in [0, 0.05) is 10.6 Å². The highest BCUT2D eigenvalue weighted by molar-refractivity contribution is 6.30. The van der Waals surface area contributed by atoms with Crippen LogP contribution in [0.4, 0.5) is 0 Å². The van der Waals surface area contributed by atoms with Gasteiger partial charge >= 0.3 is 0 Å². The Kier molecular flexibility index (Phi) is 5.22. The van der Waals surface area contributed by atoms with E-state index >= 15 is 0 Å². The summed E-state index contributed by atoms with van der Waals surface area (Å²) in [7, 11) is 0. The summed E-state index contributed by atoms with van der Waals surface area (Å²) in [5, 5.41) is 4.44. The van der Waals surface area contributed by atoms with Gasteiger partial charge in [0.15, 0.2) is 0 Å². The molecule has 2 rings (SSSR count).